The Morgan fingerprint density at radius 1 is 1.16 bits per heavy atom. The lowest BCUT2D eigenvalue weighted by Crippen LogP contribution is -2.02. The summed E-state index contributed by atoms with van der Waals surface area (Å²) in [6.45, 7) is 0.349. The smallest absolute Gasteiger partial charge is 0.147 e. The third-order valence-electron chi connectivity index (χ3n) is 2.58. The Morgan fingerprint density at radius 3 is 2.63 bits per heavy atom. The van der Waals surface area contributed by atoms with Gasteiger partial charge in [-0.15, -0.1) is 0 Å². The van der Waals surface area contributed by atoms with Crippen LogP contribution in [0.2, 0.25) is 10.0 Å². The van der Waals surface area contributed by atoms with Crippen LogP contribution in [0.4, 0.5) is 10.1 Å². The Balaban J connectivity index is 2.15. The first-order chi connectivity index (χ1) is 9.10. The summed E-state index contributed by atoms with van der Waals surface area (Å²) >= 11 is 11.9. The van der Waals surface area contributed by atoms with Crippen LogP contribution in [0.15, 0.2) is 36.4 Å². The molecular weight excluding hydrogens is 286 g/mol. The molecule has 0 fully saturated rings. The molecule has 0 amide bonds. The lowest BCUT2D eigenvalue weighted by molar-refractivity contribution is 0.629. The number of hydrogen-bond donors (Lipinski definition) is 1. The van der Waals surface area contributed by atoms with Gasteiger partial charge in [0.25, 0.3) is 0 Å². The first-order valence-corrected chi connectivity index (χ1v) is 6.23. The number of anilines is 1. The topological polar surface area (TPSA) is 35.8 Å². The maximum Gasteiger partial charge on any atom is 0.147 e. The summed E-state index contributed by atoms with van der Waals surface area (Å²) in [4.78, 5) is 0. The van der Waals surface area contributed by atoms with E-state index in [0.717, 1.165) is 5.56 Å². The molecule has 2 aromatic carbocycles. The zero-order valence-corrected chi connectivity index (χ0v) is 11.3. The van der Waals surface area contributed by atoms with Gasteiger partial charge in [0.2, 0.25) is 0 Å². The molecule has 0 aliphatic carbocycles. The highest BCUT2D eigenvalue weighted by Crippen LogP contribution is 2.22. The molecule has 2 nitrogen and oxygen atoms in total. The molecule has 19 heavy (non-hydrogen) atoms. The molecule has 5 heteroatoms. The van der Waals surface area contributed by atoms with E-state index < -0.39 is 5.82 Å². The van der Waals surface area contributed by atoms with Crippen molar-refractivity contribution in [1.29, 1.82) is 5.26 Å². The highest BCUT2D eigenvalue weighted by Gasteiger charge is 2.05. The van der Waals surface area contributed by atoms with Gasteiger partial charge in [-0.05, 0) is 42.0 Å². The van der Waals surface area contributed by atoms with Crippen LogP contribution in [0.3, 0.4) is 0 Å². The summed E-state index contributed by atoms with van der Waals surface area (Å²) < 4.78 is 13.6. The summed E-state index contributed by atoms with van der Waals surface area (Å²) in [6, 6.07) is 11.2. The second-order valence-corrected chi connectivity index (χ2v) is 4.74. The van der Waals surface area contributed by atoms with E-state index in [0.29, 0.717) is 22.3 Å². The predicted molar refractivity (Wildman–Crippen MR) is 74.9 cm³/mol. The van der Waals surface area contributed by atoms with Gasteiger partial charge in [0.05, 0.1) is 17.3 Å². The highest BCUT2D eigenvalue weighted by molar-refractivity contribution is 6.33. The first kappa shape index (κ1) is 13.7. The molecule has 0 radical (unpaired) electrons. The normalized spacial score (nSPS) is 10.0. The molecule has 0 bridgehead atoms. The third-order valence-corrected chi connectivity index (χ3v) is 3.18. The van der Waals surface area contributed by atoms with Crippen LogP contribution in [0, 0.1) is 17.1 Å². The second kappa shape index (κ2) is 5.92. The van der Waals surface area contributed by atoms with Crippen LogP contribution in [-0.4, -0.2) is 0 Å². The van der Waals surface area contributed by atoms with Crippen molar-refractivity contribution in [2.75, 3.05) is 5.32 Å². The molecule has 2 rings (SSSR count). The van der Waals surface area contributed by atoms with E-state index in [1.807, 2.05) is 6.07 Å². The maximum atomic E-state index is 13.6. The minimum Gasteiger partial charge on any atom is -0.379 e. The van der Waals surface area contributed by atoms with Crippen LogP contribution in [0.5, 0.6) is 0 Å². The van der Waals surface area contributed by atoms with E-state index in [4.69, 9.17) is 28.5 Å². The second-order valence-electron chi connectivity index (χ2n) is 3.90. The zero-order valence-electron chi connectivity index (χ0n) is 9.75. The van der Waals surface area contributed by atoms with Crippen molar-refractivity contribution in [3.63, 3.8) is 0 Å². The predicted octanol–water partition coefficient (Wildman–Crippen LogP) is 4.62. The maximum absolute atomic E-state index is 13.6. The van der Waals surface area contributed by atoms with Crippen LogP contribution in [0.1, 0.15) is 11.1 Å². The van der Waals surface area contributed by atoms with Crippen LogP contribution in [-0.2, 0) is 6.54 Å². The van der Waals surface area contributed by atoms with Crippen molar-refractivity contribution in [1.82, 2.24) is 0 Å². The van der Waals surface area contributed by atoms with Gasteiger partial charge in [0.1, 0.15) is 5.82 Å². The van der Waals surface area contributed by atoms with Gasteiger partial charge in [-0.1, -0.05) is 23.2 Å². The van der Waals surface area contributed by atoms with Gasteiger partial charge in [0, 0.05) is 16.6 Å². The largest absolute Gasteiger partial charge is 0.379 e. The van der Waals surface area contributed by atoms with E-state index in [1.54, 1.807) is 24.3 Å². The van der Waals surface area contributed by atoms with Gasteiger partial charge in [0.15, 0.2) is 0 Å². The monoisotopic (exact) mass is 294 g/mol. The van der Waals surface area contributed by atoms with Gasteiger partial charge < -0.3 is 5.32 Å². The summed E-state index contributed by atoms with van der Waals surface area (Å²) in [5, 5.41) is 12.7. The number of nitriles is 1. The Hall–Kier alpha value is -1.76. The fraction of sp³-hybridized carbons (Fsp3) is 0.0714. The first-order valence-electron chi connectivity index (χ1n) is 5.47. The quantitative estimate of drug-likeness (QED) is 0.897. The Kier molecular flexibility index (Phi) is 4.26. The number of rotatable bonds is 3. The fourth-order valence-corrected chi connectivity index (χ4v) is 1.98. The number of nitrogens with one attached hydrogen (secondary N) is 1. The SMILES string of the molecule is N#Cc1ccc(NCc2cc(Cl)ccc2Cl)c(F)c1. The molecular formula is C14H9Cl2FN2. The van der Waals surface area contributed by atoms with E-state index in [9.17, 15) is 4.39 Å². The van der Waals surface area contributed by atoms with Crippen molar-refractivity contribution in [3.8, 4) is 6.07 Å². The minimum atomic E-state index is -0.475. The standard InChI is InChI=1S/C14H9Cl2FN2/c15-11-2-3-12(16)10(6-11)8-19-14-4-1-9(7-18)5-13(14)17/h1-6,19H,8H2. The van der Waals surface area contributed by atoms with Gasteiger partial charge in [-0.3, -0.25) is 0 Å². The van der Waals surface area contributed by atoms with Gasteiger partial charge in [-0.25, -0.2) is 4.39 Å². The lowest BCUT2D eigenvalue weighted by Gasteiger charge is -2.09. The fourth-order valence-electron chi connectivity index (χ4n) is 1.60. The van der Waals surface area contributed by atoms with Crippen molar-refractivity contribution in [2.24, 2.45) is 0 Å². The minimum absolute atomic E-state index is 0.281. The van der Waals surface area contributed by atoms with E-state index in [2.05, 4.69) is 5.32 Å². The average molecular weight is 295 g/mol. The molecule has 96 valence electrons. The molecule has 0 unspecified atom stereocenters. The Morgan fingerprint density at radius 2 is 1.95 bits per heavy atom. The molecule has 0 atom stereocenters. The lowest BCUT2D eigenvalue weighted by atomic mass is 10.2. The molecule has 0 heterocycles. The summed E-state index contributed by atoms with van der Waals surface area (Å²) in [7, 11) is 0. The van der Waals surface area contributed by atoms with Crippen LogP contribution in [0.25, 0.3) is 0 Å². The van der Waals surface area contributed by atoms with Crippen molar-refractivity contribution in [3.05, 3.63) is 63.4 Å². The highest BCUT2D eigenvalue weighted by atomic mass is 35.5. The van der Waals surface area contributed by atoms with Crippen molar-refractivity contribution < 1.29 is 4.39 Å². The van der Waals surface area contributed by atoms with Gasteiger partial charge >= 0.3 is 0 Å². The third kappa shape index (κ3) is 3.37. The summed E-state index contributed by atoms with van der Waals surface area (Å²) in [6.07, 6.45) is 0. The Bertz CT molecular complexity index is 650. The van der Waals surface area contributed by atoms with E-state index in [-0.39, 0.29) is 5.56 Å². The number of hydrogen-bond acceptors (Lipinski definition) is 2. The van der Waals surface area contributed by atoms with E-state index in [1.165, 1.54) is 12.1 Å². The summed E-state index contributed by atoms with van der Waals surface area (Å²) in [5.74, 6) is -0.475. The molecule has 0 aromatic heterocycles. The zero-order chi connectivity index (χ0) is 13.8. The van der Waals surface area contributed by atoms with E-state index >= 15 is 0 Å². The molecule has 0 spiro atoms. The number of benzene rings is 2. The molecule has 0 saturated carbocycles. The molecule has 0 aliphatic rings. The summed E-state index contributed by atoms with van der Waals surface area (Å²) in [5.41, 5.74) is 1.37. The molecule has 0 aliphatic heterocycles. The van der Waals surface area contributed by atoms with Crippen LogP contribution >= 0.6 is 23.2 Å². The average Bonchev–Trinajstić information content (AvgIpc) is 2.40. The Labute approximate surface area is 120 Å². The number of halogens is 3. The van der Waals surface area contributed by atoms with Crippen LogP contribution < -0.4 is 5.32 Å². The van der Waals surface area contributed by atoms with Crippen molar-refractivity contribution >= 4 is 28.9 Å². The van der Waals surface area contributed by atoms with Crippen molar-refractivity contribution in [2.45, 2.75) is 6.54 Å². The van der Waals surface area contributed by atoms with Gasteiger partial charge in [-0.2, -0.15) is 5.26 Å². The molecule has 2 aromatic rings. The molecule has 0 saturated heterocycles. The molecule has 1 N–H and O–H groups in total. The number of nitrogens with zero attached hydrogens (tertiary/aromatic N) is 1.